The summed E-state index contributed by atoms with van der Waals surface area (Å²) in [6.45, 7) is 0. The first-order valence-electron chi connectivity index (χ1n) is 20.6. The number of fused-ring (bicyclic) bond motifs is 11. The molecule has 3 fully saturated rings. The highest BCUT2D eigenvalue weighted by molar-refractivity contribution is 5.90. The lowest BCUT2D eigenvalue weighted by atomic mass is 9.66. The van der Waals surface area contributed by atoms with E-state index in [1.807, 2.05) is 0 Å². The quantitative estimate of drug-likeness (QED) is 0.181. The van der Waals surface area contributed by atoms with Crippen molar-refractivity contribution in [3.05, 3.63) is 186 Å². The van der Waals surface area contributed by atoms with Crippen LogP contribution in [0.3, 0.4) is 0 Å². The zero-order chi connectivity index (χ0) is 37.3. The van der Waals surface area contributed by atoms with Gasteiger partial charge in [0.2, 0.25) is 0 Å². The molecule has 4 aliphatic carbocycles. The van der Waals surface area contributed by atoms with E-state index in [0.717, 1.165) is 74.5 Å². The molecule has 2 atom stereocenters. The molecule has 1 aromatic heterocycles. The van der Waals surface area contributed by atoms with E-state index in [1.54, 1.807) is 0 Å². The summed E-state index contributed by atoms with van der Waals surface area (Å²) in [6.07, 6.45) is 6.34. The zero-order valence-corrected chi connectivity index (χ0v) is 31.5. The molecule has 272 valence electrons. The Balaban J connectivity index is 0.994. The van der Waals surface area contributed by atoms with Gasteiger partial charge in [0.05, 0.1) is 5.41 Å². The van der Waals surface area contributed by atoms with E-state index in [9.17, 15) is 0 Å². The van der Waals surface area contributed by atoms with Gasteiger partial charge in [-0.25, -0.2) is 15.0 Å². The lowest BCUT2D eigenvalue weighted by molar-refractivity contribution is 0.300. The minimum absolute atomic E-state index is 0.0317. The highest BCUT2D eigenvalue weighted by atomic mass is 16.5. The Kier molecular flexibility index (Phi) is 6.46. The standard InChI is InChI=1S/C53H39N3O/c1-2-12-33-27-35(22-21-32(33)11-1)49-54-50(56-51(55-49)52-29-36-23-24-37(30-52)42(36)31-52)41-16-4-3-13-38(41)34-25-26-46-48(28-34)57-47-20-10-9-19-45(47)53(46)43-17-7-5-14-39(43)40-15-6-8-18-44(40)53/h1-22,25-28,36-37,42H,23-24,29-31H2. The molecule has 2 unspecified atom stereocenters. The van der Waals surface area contributed by atoms with E-state index in [4.69, 9.17) is 19.7 Å². The summed E-state index contributed by atoms with van der Waals surface area (Å²) in [5, 5.41) is 2.41. The summed E-state index contributed by atoms with van der Waals surface area (Å²) in [5.41, 5.74) is 11.2. The summed E-state index contributed by atoms with van der Waals surface area (Å²) in [4.78, 5) is 16.2. The molecule has 0 amide bonds. The van der Waals surface area contributed by atoms with Crippen molar-refractivity contribution in [1.29, 1.82) is 0 Å². The predicted octanol–water partition coefficient (Wildman–Crippen LogP) is 12.6. The van der Waals surface area contributed by atoms with Gasteiger partial charge in [-0.1, -0.05) is 140 Å². The fraction of sp³-hybridized carbons (Fsp3) is 0.189. The maximum Gasteiger partial charge on any atom is 0.164 e. The van der Waals surface area contributed by atoms with Crippen molar-refractivity contribution in [2.45, 2.75) is 42.9 Å². The fourth-order valence-electron chi connectivity index (χ4n) is 12.2. The van der Waals surface area contributed by atoms with Crippen LogP contribution in [0.25, 0.3) is 55.8 Å². The Labute approximate surface area is 332 Å². The first-order valence-corrected chi connectivity index (χ1v) is 20.6. The molecule has 0 radical (unpaired) electrons. The van der Waals surface area contributed by atoms with Crippen LogP contribution in [0.1, 0.15) is 60.2 Å². The van der Waals surface area contributed by atoms with E-state index in [2.05, 4.69) is 158 Å². The minimum atomic E-state index is -0.494. The third-order valence-electron chi connectivity index (χ3n) is 14.5. The molecule has 1 aliphatic heterocycles. The lowest BCUT2D eigenvalue weighted by Crippen LogP contribution is -2.32. The van der Waals surface area contributed by atoms with E-state index < -0.39 is 5.41 Å². The van der Waals surface area contributed by atoms with Crippen LogP contribution < -0.4 is 4.74 Å². The minimum Gasteiger partial charge on any atom is -0.457 e. The van der Waals surface area contributed by atoms with Crippen molar-refractivity contribution in [2.75, 3.05) is 0 Å². The molecular formula is C53H39N3O. The first kappa shape index (κ1) is 31.8. The van der Waals surface area contributed by atoms with E-state index in [0.29, 0.717) is 0 Å². The van der Waals surface area contributed by atoms with Crippen LogP contribution in [0.4, 0.5) is 0 Å². The highest BCUT2D eigenvalue weighted by Gasteiger charge is 2.60. The average Bonchev–Trinajstić information content (AvgIpc) is 3.98. The normalized spacial score (nSPS) is 22.6. The molecule has 4 heteroatoms. The second kappa shape index (κ2) is 11.6. The predicted molar refractivity (Wildman–Crippen MR) is 226 cm³/mol. The smallest absolute Gasteiger partial charge is 0.164 e. The Morgan fingerprint density at radius 1 is 0.439 bits per heavy atom. The number of nitrogens with zero attached hydrogens (tertiary/aromatic N) is 3. The fourth-order valence-corrected chi connectivity index (χ4v) is 12.2. The van der Waals surface area contributed by atoms with Crippen LogP contribution in [0.5, 0.6) is 11.5 Å². The number of aromatic nitrogens is 3. The molecule has 1 spiro atoms. The van der Waals surface area contributed by atoms with Gasteiger partial charge in [0.25, 0.3) is 0 Å². The second-order valence-electron chi connectivity index (χ2n) is 17.2. The van der Waals surface area contributed by atoms with Crippen molar-refractivity contribution in [3.63, 3.8) is 0 Å². The molecule has 0 N–H and O–H groups in total. The Morgan fingerprint density at radius 2 is 1.04 bits per heavy atom. The third kappa shape index (κ3) is 4.36. The van der Waals surface area contributed by atoms with Gasteiger partial charge >= 0.3 is 0 Å². The molecule has 0 saturated heterocycles. The maximum atomic E-state index is 6.92. The van der Waals surface area contributed by atoms with Gasteiger partial charge in [-0.15, -0.1) is 0 Å². The van der Waals surface area contributed by atoms with Gasteiger partial charge in [-0.3, -0.25) is 0 Å². The molecule has 7 aromatic carbocycles. The van der Waals surface area contributed by atoms with Crippen LogP contribution in [-0.2, 0) is 10.8 Å². The van der Waals surface area contributed by atoms with Gasteiger partial charge in [0.15, 0.2) is 11.6 Å². The maximum absolute atomic E-state index is 6.92. The molecule has 4 nitrogen and oxygen atoms in total. The van der Waals surface area contributed by atoms with Crippen LogP contribution in [-0.4, -0.2) is 15.0 Å². The van der Waals surface area contributed by atoms with Crippen molar-refractivity contribution < 1.29 is 4.74 Å². The molecule has 57 heavy (non-hydrogen) atoms. The summed E-state index contributed by atoms with van der Waals surface area (Å²) in [7, 11) is 0. The summed E-state index contributed by atoms with van der Waals surface area (Å²) >= 11 is 0. The molecule has 13 rings (SSSR count). The van der Waals surface area contributed by atoms with Gasteiger partial charge in [-0.2, -0.15) is 0 Å². The zero-order valence-electron chi connectivity index (χ0n) is 31.5. The average molecular weight is 734 g/mol. The van der Waals surface area contributed by atoms with E-state index in [1.165, 1.54) is 70.7 Å². The van der Waals surface area contributed by atoms with Gasteiger partial charge < -0.3 is 4.74 Å². The van der Waals surface area contributed by atoms with Crippen molar-refractivity contribution in [3.8, 4) is 56.5 Å². The number of ether oxygens (including phenoxy) is 1. The van der Waals surface area contributed by atoms with Crippen molar-refractivity contribution in [1.82, 2.24) is 15.0 Å². The Morgan fingerprint density at radius 3 is 1.79 bits per heavy atom. The van der Waals surface area contributed by atoms with Gasteiger partial charge in [-0.05, 0) is 112 Å². The molecule has 2 bridgehead atoms. The first-order chi connectivity index (χ1) is 28.2. The number of benzene rings is 7. The molecule has 3 saturated carbocycles. The summed E-state index contributed by atoms with van der Waals surface area (Å²) < 4.78 is 6.92. The van der Waals surface area contributed by atoms with E-state index >= 15 is 0 Å². The third-order valence-corrected chi connectivity index (χ3v) is 14.5. The Bertz CT molecular complexity index is 2920. The monoisotopic (exact) mass is 733 g/mol. The number of hydrogen-bond acceptors (Lipinski definition) is 4. The number of hydrogen-bond donors (Lipinski definition) is 0. The van der Waals surface area contributed by atoms with Gasteiger partial charge in [0.1, 0.15) is 17.3 Å². The van der Waals surface area contributed by atoms with Crippen LogP contribution in [0.2, 0.25) is 0 Å². The molecule has 2 heterocycles. The van der Waals surface area contributed by atoms with Crippen LogP contribution in [0.15, 0.2) is 158 Å². The van der Waals surface area contributed by atoms with Crippen molar-refractivity contribution in [2.24, 2.45) is 17.8 Å². The summed E-state index contributed by atoms with van der Waals surface area (Å²) in [6, 6.07) is 57.0. The topological polar surface area (TPSA) is 47.9 Å². The highest BCUT2D eigenvalue weighted by Crippen LogP contribution is 2.66. The van der Waals surface area contributed by atoms with E-state index in [-0.39, 0.29) is 5.41 Å². The van der Waals surface area contributed by atoms with Crippen LogP contribution >= 0.6 is 0 Å². The lowest BCUT2D eigenvalue weighted by Gasteiger charge is -2.39. The molecule has 8 aromatic rings. The number of rotatable bonds is 4. The summed E-state index contributed by atoms with van der Waals surface area (Å²) in [5.74, 6) is 6.71. The second-order valence-corrected chi connectivity index (χ2v) is 17.2. The number of para-hydroxylation sites is 1. The molecule has 5 aliphatic rings. The van der Waals surface area contributed by atoms with Gasteiger partial charge in [0, 0.05) is 27.7 Å². The van der Waals surface area contributed by atoms with Crippen molar-refractivity contribution >= 4 is 10.8 Å². The molecular weight excluding hydrogens is 695 g/mol. The van der Waals surface area contributed by atoms with Crippen LogP contribution in [0, 0.1) is 17.8 Å². The Hall–Kier alpha value is -6.39. The largest absolute Gasteiger partial charge is 0.457 e. The SMILES string of the molecule is c1ccc2c(c1)Oc1cc(-c3ccccc3-c3nc(-c4ccc5ccccc5c4)nc(C45CC6CCC(C4)C6C5)n3)ccc1C21c2ccccc2-c2ccccc21.